The molecule has 0 aromatic rings. The Balaban J connectivity index is -0.0000000183. The summed E-state index contributed by atoms with van der Waals surface area (Å²) >= 11 is 0. The van der Waals surface area contributed by atoms with Gasteiger partial charge in [-0.3, -0.25) is 0 Å². The summed E-state index contributed by atoms with van der Waals surface area (Å²) in [4.78, 5) is 29.3. The molecule has 0 heterocycles. The maximum absolute atomic E-state index is 7.57. The van der Waals surface area contributed by atoms with Gasteiger partial charge in [0.05, 0.1) is 0 Å². The van der Waals surface area contributed by atoms with Gasteiger partial charge in [-0.25, -0.2) is 0 Å². The fourth-order valence-corrected chi connectivity index (χ4v) is 0. The van der Waals surface area contributed by atoms with Crippen LogP contribution < -0.4 is 0 Å². The summed E-state index contributed by atoms with van der Waals surface area (Å²) in [5.74, 6) is 0. The summed E-state index contributed by atoms with van der Waals surface area (Å²) in [7, 11) is -4.61. The van der Waals surface area contributed by atoms with Crippen molar-refractivity contribution in [3.63, 3.8) is 0 Å². The van der Waals surface area contributed by atoms with Gasteiger partial charge in [0.2, 0.25) is 0 Å². The fourth-order valence-electron chi connectivity index (χ4n) is 0. The zero-order chi connectivity index (χ0) is 7.21. The normalized spacial score (nSPS) is 8.67. The zero-order valence-electron chi connectivity index (χ0n) is 7.15. The molecule has 5 N–H and O–H groups in total. The quantitative estimate of drug-likeness (QED) is 0.262. The van der Waals surface area contributed by atoms with Crippen molar-refractivity contribution in [3.05, 3.63) is 0 Å². The van der Waals surface area contributed by atoms with Crippen LogP contribution in [0.15, 0.2) is 0 Å². The summed E-state index contributed by atoms with van der Waals surface area (Å²) in [6.45, 7) is 1.93. The first-order valence-electron chi connectivity index (χ1n) is 1.92. The van der Waals surface area contributed by atoms with Crippen LogP contribution in [0.2, 0.25) is 0 Å². The predicted molar refractivity (Wildman–Crippen MR) is 35.4 cm³/mol. The molecule has 5 nitrogen and oxygen atoms in total. The van der Waals surface area contributed by atoms with Crippen molar-refractivity contribution < 1.29 is 27.1 Å². The Bertz CT molecular complexity index is 46.2. The van der Waals surface area contributed by atoms with Crippen LogP contribution >= 0.6 is 0 Å². The van der Waals surface area contributed by atoms with E-state index in [4.69, 9.17) is 24.3 Å². The van der Waals surface area contributed by atoms with Crippen molar-refractivity contribution in [3.8, 4) is 0 Å². The van der Waals surface area contributed by atoms with E-state index in [1.807, 2.05) is 0 Å². The number of aliphatic hydroxyl groups excluding tert-OH is 1. The van der Waals surface area contributed by atoms with Crippen LogP contribution in [0.5, 0.6) is 0 Å². The minimum Gasteiger partial charge on any atom is -1.00 e. The Morgan fingerprint density at radius 3 is 1.22 bits per heavy atom. The SMILES string of the molecule is CCO.O[Si](O)(O)O.[Ca+2].[H-].[H-]. The van der Waals surface area contributed by atoms with E-state index in [-0.39, 0.29) is 47.2 Å². The van der Waals surface area contributed by atoms with Crippen LogP contribution in [0, 0.1) is 0 Å². The average molecular weight is 184 g/mol. The topological polar surface area (TPSA) is 101 Å². The molecule has 7 heteroatoms. The molecule has 0 radical (unpaired) electrons. The minimum absolute atomic E-state index is 0. The molecule has 0 saturated heterocycles. The summed E-state index contributed by atoms with van der Waals surface area (Å²) in [6, 6.07) is 0. The van der Waals surface area contributed by atoms with E-state index >= 15 is 0 Å². The molecule has 0 aliphatic carbocycles. The first-order valence-corrected chi connectivity index (χ1v) is 3.71. The number of rotatable bonds is 0. The Morgan fingerprint density at radius 2 is 1.22 bits per heavy atom. The van der Waals surface area contributed by atoms with Crippen molar-refractivity contribution in [1.29, 1.82) is 0 Å². The van der Waals surface area contributed by atoms with Gasteiger partial charge in [-0.05, 0) is 6.92 Å². The van der Waals surface area contributed by atoms with Crippen molar-refractivity contribution in [2.45, 2.75) is 6.92 Å². The first-order chi connectivity index (χ1) is 3.41. The van der Waals surface area contributed by atoms with Crippen LogP contribution in [-0.2, 0) is 0 Å². The van der Waals surface area contributed by atoms with E-state index in [1.165, 1.54) is 0 Å². The third-order valence-corrected chi connectivity index (χ3v) is 0. The van der Waals surface area contributed by atoms with Crippen LogP contribution in [0.25, 0.3) is 0 Å². The van der Waals surface area contributed by atoms with Crippen LogP contribution in [0.4, 0.5) is 0 Å². The second kappa shape index (κ2) is 9.28. The Morgan fingerprint density at radius 1 is 1.22 bits per heavy atom. The van der Waals surface area contributed by atoms with E-state index < -0.39 is 9.05 Å². The molecule has 0 aliphatic rings. The van der Waals surface area contributed by atoms with Gasteiger partial charge < -0.3 is 27.1 Å². The fraction of sp³-hybridized carbons (Fsp3) is 1.00. The molecule has 0 spiro atoms. The van der Waals surface area contributed by atoms with E-state index in [0.717, 1.165) is 0 Å². The summed E-state index contributed by atoms with van der Waals surface area (Å²) in [5.41, 5.74) is 0. The third-order valence-electron chi connectivity index (χ3n) is 0. The monoisotopic (exact) mass is 184 g/mol. The summed E-state index contributed by atoms with van der Waals surface area (Å²) < 4.78 is 0. The maximum atomic E-state index is 7.57. The predicted octanol–water partition coefficient (Wildman–Crippen LogP) is -2.77. The molecule has 56 valence electrons. The minimum atomic E-state index is -4.61. The van der Waals surface area contributed by atoms with Gasteiger partial charge in [0.25, 0.3) is 0 Å². The van der Waals surface area contributed by atoms with Crippen molar-refractivity contribution in [2.75, 3.05) is 6.61 Å². The molecule has 0 amide bonds. The standard InChI is InChI=1S/C2H6O.Ca.H4O4Si.2H/c1-2-3;;1-5(2,3)4;;/h3H,2H2,1H3;;1-4H;;/q;+2;;2*-1. The van der Waals surface area contributed by atoms with Crippen molar-refractivity contribution in [1.82, 2.24) is 0 Å². The van der Waals surface area contributed by atoms with Crippen molar-refractivity contribution >= 4 is 46.8 Å². The third kappa shape index (κ3) is 301. The van der Waals surface area contributed by atoms with E-state index in [2.05, 4.69) is 0 Å². The van der Waals surface area contributed by atoms with E-state index in [0.29, 0.717) is 0 Å². The summed E-state index contributed by atoms with van der Waals surface area (Å²) in [6.07, 6.45) is 0. The van der Waals surface area contributed by atoms with Crippen LogP contribution in [0.1, 0.15) is 9.78 Å². The second-order valence-corrected chi connectivity index (χ2v) is 2.12. The van der Waals surface area contributed by atoms with Gasteiger partial charge in [-0.1, -0.05) is 0 Å². The maximum Gasteiger partial charge on any atom is 2.00 e. The molecule has 0 rings (SSSR count). The van der Waals surface area contributed by atoms with Gasteiger partial charge in [0, 0.05) is 6.61 Å². The summed E-state index contributed by atoms with van der Waals surface area (Å²) in [5, 5.41) is 7.57. The van der Waals surface area contributed by atoms with Crippen LogP contribution in [-0.4, -0.2) is 77.7 Å². The van der Waals surface area contributed by atoms with E-state index in [1.54, 1.807) is 6.92 Å². The van der Waals surface area contributed by atoms with Gasteiger partial charge >= 0.3 is 46.8 Å². The molecule has 0 aromatic heterocycles. The molecule has 0 saturated carbocycles. The first kappa shape index (κ1) is 16.7. The smallest absolute Gasteiger partial charge is 1.00 e. The van der Waals surface area contributed by atoms with Gasteiger partial charge in [0.1, 0.15) is 0 Å². The second-order valence-electron chi connectivity index (χ2n) is 0.916. The zero-order valence-corrected chi connectivity index (χ0v) is 8.36. The molecule has 0 aromatic carbocycles. The van der Waals surface area contributed by atoms with Gasteiger partial charge in [-0.15, -0.1) is 0 Å². The molecular formula is C2H12CaO5Si. The number of hydrogen-bond donors (Lipinski definition) is 5. The molecule has 9 heavy (non-hydrogen) atoms. The molecule has 0 unspecified atom stereocenters. The number of aliphatic hydroxyl groups is 1. The average Bonchev–Trinajstić information content (AvgIpc) is 1.27. The molecule has 0 atom stereocenters. The van der Waals surface area contributed by atoms with Crippen LogP contribution in [0.3, 0.4) is 0 Å². The Kier molecular flexibility index (Phi) is 17.2. The van der Waals surface area contributed by atoms with Gasteiger partial charge in [-0.2, -0.15) is 0 Å². The molecular weight excluding hydrogens is 172 g/mol. The molecule has 0 aliphatic heterocycles. The van der Waals surface area contributed by atoms with Crippen molar-refractivity contribution in [2.24, 2.45) is 0 Å². The Labute approximate surface area is 87.0 Å². The van der Waals surface area contributed by atoms with Gasteiger partial charge in [0.15, 0.2) is 0 Å². The Hall–Kier alpha value is 1.28. The molecule has 0 bridgehead atoms. The number of hydrogen-bond acceptors (Lipinski definition) is 5. The van der Waals surface area contributed by atoms with E-state index in [9.17, 15) is 0 Å². The largest absolute Gasteiger partial charge is 2.00 e. The molecule has 0 fully saturated rings.